The summed E-state index contributed by atoms with van der Waals surface area (Å²) < 4.78 is 5.40. The number of amides is 2. The quantitative estimate of drug-likeness (QED) is 0.933. The number of rotatable bonds is 3. The molecule has 0 aliphatic carbocycles. The van der Waals surface area contributed by atoms with E-state index < -0.39 is 0 Å². The van der Waals surface area contributed by atoms with Gasteiger partial charge < -0.3 is 15.0 Å². The Bertz CT molecular complexity index is 579. The number of anilines is 2. The summed E-state index contributed by atoms with van der Waals surface area (Å²) >= 11 is 0. The summed E-state index contributed by atoms with van der Waals surface area (Å²) in [6, 6.07) is 5.79. The van der Waals surface area contributed by atoms with Crippen LogP contribution in [0.4, 0.5) is 11.4 Å². The molecule has 2 aliphatic rings. The molecule has 5 heteroatoms. The van der Waals surface area contributed by atoms with Crippen molar-refractivity contribution in [3.63, 3.8) is 0 Å². The normalized spacial score (nSPS) is 20.6. The molecular weight excluding hydrogens is 280 g/mol. The van der Waals surface area contributed by atoms with Gasteiger partial charge in [-0.1, -0.05) is 6.92 Å². The molecule has 22 heavy (non-hydrogen) atoms. The van der Waals surface area contributed by atoms with Gasteiger partial charge in [0.05, 0.1) is 0 Å². The van der Waals surface area contributed by atoms with E-state index >= 15 is 0 Å². The Morgan fingerprint density at radius 1 is 1.36 bits per heavy atom. The van der Waals surface area contributed by atoms with Gasteiger partial charge in [-0.15, -0.1) is 0 Å². The number of nitrogens with one attached hydrogen (secondary N) is 1. The van der Waals surface area contributed by atoms with Crippen molar-refractivity contribution in [3.05, 3.63) is 23.8 Å². The van der Waals surface area contributed by atoms with E-state index in [1.165, 1.54) is 0 Å². The van der Waals surface area contributed by atoms with E-state index in [9.17, 15) is 9.59 Å². The van der Waals surface area contributed by atoms with E-state index in [-0.39, 0.29) is 17.9 Å². The molecule has 1 aromatic carbocycles. The number of hydrogen-bond donors (Lipinski definition) is 1. The van der Waals surface area contributed by atoms with Crippen molar-refractivity contribution in [2.24, 2.45) is 0 Å². The number of ether oxygens (including phenoxy) is 1. The van der Waals surface area contributed by atoms with Crippen LogP contribution in [0.1, 0.15) is 38.2 Å². The van der Waals surface area contributed by atoms with Crippen molar-refractivity contribution >= 4 is 23.2 Å². The molecule has 1 aromatic rings. The zero-order valence-electron chi connectivity index (χ0n) is 12.9. The fraction of sp³-hybridized carbons (Fsp3) is 0.529. The minimum absolute atomic E-state index is 0.0743. The van der Waals surface area contributed by atoms with Gasteiger partial charge in [-0.2, -0.15) is 0 Å². The molecule has 118 valence electrons. The average Bonchev–Trinajstić information content (AvgIpc) is 3.08. The molecule has 1 atom stereocenters. The van der Waals surface area contributed by atoms with Crippen LogP contribution in [0.2, 0.25) is 0 Å². The number of aryl methyl sites for hydroxylation is 1. The lowest BCUT2D eigenvalue weighted by Gasteiger charge is -2.29. The summed E-state index contributed by atoms with van der Waals surface area (Å²) in [5.41, 5.74) is 2.89. The molecule has 0 bridgehead atoms. The maximum Gasteiger partial charge on any atom is 0.253 e. The molecule has 0 radical (unpaired) electrons. The molecule has 1 N–H and O–H groups in total. The van der Waals surface area contributed by atoms with Crippen molar-refractivity contribution in [2.45, 2.75) is 45.1 Å². The number of benzene rings is 1. The van der Waals surface area contributed by atoms with Crippen molar-refractivity contribution in [2.75, 3.05) is 23.4 Å². The van der Waals surface area contributed by atoms with Crippen LogP contribution in [0, 0.1) is 0 Å². The second-order valence-corrected chi connectivity index (χ2v) is 5.84. The van der Waals surface area contributed by atoms with Gasteiger partial charge in [0, 0.05) is 30.9 Å². The molecule has 1 saturated heterocycles. The minimum Gasteiger partial charge on any atom is -0.368 e. The zero-order chi connectivity index (χ0) is 15.5. The molecular formula is C17H22N2O3. The first-order valence-electron chi connectivity index (χ1n) is 8.05. The van der Waals surface area contributed by atoms with E-state index in [1.54, 1.807) is 0 Å². The lowest BCUT2D eigenvalue weighted by molar-refractivity contribution is -0.124. The second-order valence-electron chi connectivity index (χ2n) is 5.84. The van der Waals surface area contributed by atoms with Gasteiger partial charge in [-0.3, -0.25) is 9.59 Å². The standard InChI is InChI=1S/C17H22N2O3/c1-2-16(20)19-9-3-5-12-11-13(7-8-14(12)19)18-17(21)15-6-4-10-22-15/h7-8,11,15H,2-6,9-10H2,1H3,(H,18,21). The van der Waals surface area contributed by atoms with Gasteiger partial charge in [-0.05, 0) is 49.4 Å². The molecule has 1 unspecified atom stereocenters. The fourth-order valence-electron chi connectivity index (χ4n) is 3.13. The van der Waals surface area contributed by atoms with Crippen LogP contribution in [-0.2, 0) is 20.7 Å². The molecule has 1 fully saturated rings. The summed E-state index contributed by atoms with van der Waals surface area (Å²) in [4.78, 5) is 26.0. The highest BCUT2D eigenvalue weighted by Crippen LogP contribution is 2.30. The minimum atomic E-state index is -0.325. The van der Waals surface area contributed by atoms with Gasteiger partial charge in [0.25, 0.3) is 5.91 Å². The smallest absolute Gasteiger partial charge is 0.253 e. The molecule has 2 heterocycles. The maximum atomic E-state index is 12.1. The summed E-state index contributed by atoms with van der Waals surface area (Å²) in [6.45, 7) is 3.32. The lowest BCUT2D eigenvalue weighted by Crippen LogP contribution is -2.35. The Morgan fingerprint density at radius 2 is 2.23 bits per heavy atom. The Morgan fingerprint density at radius 3 is 2.95 bits per heavy atom. The first-order valence-corrected chi connectivity index (χ1v) is 8.05. The van der Waals surface area contributed by atoms with Crippen LogP contribution >= 0.6 is 0 Å². The van der Waals surface area contributed by atoms with Crippen molar-refractivity contribution in [1.29, 1.82) is 0 Å². The molecule has 0 spiro atoms. The summed E-state index contributed by atoms with van der Waals surface area (Å²) in [5, 5.41) is 2.92. The van der Waals surface area contributed by atoms with Gasteiger partial charge in [0.2, 0.25) is 5.91 Å². The largest absolute Gasteiger partial charge is 0.368 e. The number of nitrogens with zero attached hydrogens (tertiary/aromatic N) is 1. The highest BCUT2D eigenvalue weighted by molar-refractivity contribution is 5.97. The highest BCUT2D eigenvalue weighted by Gasteiger charge is 2.25. The van der Waals surface area contributed by atoms with Gasteiger partial charge in [-0.25, -0.2) is 0 Å². The molecule has 3 rings (SSSR count). The van der Waals surface area contributed by atoms with Crippen LogP contribution in [0.15, 0.2) is 18.2 Å². The van der Waals surface area contributed by atoms with Crippen LogP contribution in [-0.4, -0.2) is 31.1 Å². The third-order valence-corrected chi connectivity index (χ3v) is 4.29. The number of hydrogen-bond acceptors (Lipinski definition) is 3. The first kappa shape index (κ1) is 15.0. The maximum absolute atomic E-state index is 12.1. The monoisotopic (exact) mass is 302 g/mol. The van der Waals surface area contributed by atoms with E-state index in [2.05, 4.69) is 5.32 Å². The SMILES string of the molecule is CCC(=O)N1CCCc2cc(NC(=O)C3CCCO3)ccc21. The van der Waals surface area contributed by atoms with Crippen molar-refractivity contribution in [3.8, 4) is 0 Å². The van der Waals surface area contributed by atoms with Crippen LogP contribution in [0.3, 0.4) is 0 Å². The summed E-state index contributed by atoms with van der Waals surface area (Å²) in [6.07, 6.45) is 3.81. The Kier molecular flexibility index (Phi) is 4.43. The van der Waals surface area contributed by atoms with Gasteiger partial charge >= 0.3 is 0 Å². The third kappa shape index (κ3) is 2.99. The van der Waals surface area contributed by atoms with E-state index in [1.807, 2.05) is 30.0 Å². The predicted octanol–water partition coefficient (Wildman–Crippen LogP) is 2.49. The summed E-state index contributed by atoms with van der Waals surface area (Å²) in [5.74, 6) is 0.0758. The number of fused-ring (bicyclic) bond motifs is 1. The average molecular weight is 302 g/mol. The second kappa shape index (κ2) is 6.48. The van der Waals surface area contributed by atoms with Gasteiger partial charge in [0.1, 0.15) is 6.10 Å². The van der Waals surface area contributed by atoms with Crippen molar-refractivity contribution < 1.29 is 14.3 Å². The molecule has 5 nitrogen and oxygen atoms in total. The Labute approximate surface area is 130 Å². The Balaban J connectivity index is 1.75. The van der Waals surface area contributed by atoms with E-state index in [0.717, 1.165) is 49.2 Å². The topological polar surface area (TPSA) is 58.6 Å². The van der Waals surface area contributed by atoms with E-state index in [4.69, 9.17) is 4.74 Å². The predicted molar refractivity (Wildman–Crippen MR) is 85.0 cm³/mol. The Hall–Kier alpha value is -1.88. The van der Waals surface area contributed by atoms with Crippen molar-refractivity contribution in [1.82, 2.24) is 0 Å². The lowest BCUT2D eigenvalue weighted by atomic mass is 10.0. The first-order chi connectivity index (χ1) is 10.7. The van der Waals surface area contributed by atoms with Gasteiger partial charge in [0.15, 0.2) is 0 Å². The number of carbonyl (C=O) groups is 2. The molecule has 0 saturated carbocycles. The molecule has 2 amide bonds. The molecule has 0 aromatic heterocycles. The summed E-state index contributed by atoms with van der Waals surface area (Å²) in [7, 11) is 0. The number of carbonyl (C=O) groups excluding carboxylic acids is 2. The zero-order valence-corrected chi connectivity index (χ0v) is 12.9. The fourth-order valence-corrected chi connectivity index (χ4v) is 3.13. The van der Waals surface area contributed by atoms with Crippen LogP contribution in [0.5, 0.6) is 0 Å². The highest BCUT2D eigenvalue weighted by atomic mass is 16.5. The van der Waals surface area contributed by atoms with Crippen LogP contribution < -0.4 is 10.2 Å². The van der Waals surface area contributed by atoms with E-state index in [0.29, 0.717) is 13.0 Å². The third-order valence-electron chi connectivity index (χ3n) is 4.29. The van der Waals surface area contributed by atoms with Crippen LogP contribution in [0.25, 0.3) is 0 Å². The molecule has 2 aliphatic heterocycles.